The predicted octanol–water partition coefficient (Wildman–Crippen LogP) is 2.21. The van der Waals surface area contributed by atoms with Crippen molar-refractivity contribution in [3.05, 3.63) is 120 Å². The molecule has 0 aliphatic carbocycles. The summed E-state index contributed by atoms with van der Waals surface area (Å²) < 4.78 is 67.9. The third kappa shape index (κ3) is 9.99. The topological polar surface area (TPSA) is 326 Å². The van der Waals surface area contributed by atoms with Gasteiger partial charge in [-0.25, -0.2) is 26.2 Å². The van der Waals surface area contributed by atoms with Crippen LogP contribution in [0.5, 0.6) is 11.8 Å². The van der Waals surface area contributed by atoms with Crippen molar-refractivity contribution in [2.45, 2.75) is 23.6 Å². The molecule has 0 spiro atoms. The smallest absolute Gasteiger partial charge is 0.857 e. The number of carboxylic acid groups (broad SMARTS) is 2. The van der Waals surface area contributed by atoms with Crippen molar-refractivity contribution < 1.29 is 77.6 Å². The molecule has 57 heavy (non-hydrogen) atoms. The van der Waals surface area contributed by atoms with E-state index in [-0.39, 0.29) is 78.3 Å². The number of carbonyl (C=O) groups excluding carboxylic acids is 2. The van der Waals surface area contributed by atoms with E-state index < -0.39 is 53.7 Å². The largest absolute Gasteiger partial charge is 3.00 e. The molecule has 6 rings (SSSR count). The van der Waals surface area contributed by atoms with Gasteiger partial charge in [-0.1, -0.05) is 36.4 Å². The number of nitrogens with zero attached hydrogens (tertiary/aromatic N) is 8. The molecule has 2 aromatic heterocycles. The van der Waals surface area contributed by atoms with Gasteiger partial charge in [0, 0.05) is 22.9 Å². The van der Waals surface area contributed by atoms with Crippen LogP contribution in [0.3, 0.4) is 0 Å². The van der Waals surface area contributed by atoms with Crippen molar-refractivity contribution in [3.8, 4) is 23.1 Å². The van der Waals surface area contributed by atoms with Crippen LogP contribution >= 0.6 is 0 Å². The number of azo groups is 2. The number of aryl methyl sites for hydroxylation is 2. The molecule has 0 aliphatic rings. The number of hydrogen-bond acceptors (Lipinski definition) is 18. The molecule has 0 saturated heterocycles. The molecule has 291 valence electrons. The average molecular weight is 854 g/mol. The van der Waals surface area contributed by atoms with E-state index >= 15 is 0 Å². The summed E-state index contributed by atoms with van der Waals surface area (Å²) in [6.07, 6.45) is 0. The molecule has 0 saturated carbocycles. The van der Waals surface area contributed by atoms with E-state index in [9.17, 15) is 56.0 Å². The fraction of sp³-hybridized carbons (Fsp3) is 0.0588. The van der Waals surface area contributed by atoms with Crippen LogP contribution in [0.2, 0.25) is 0 Å². The Morgan fingerprint density at radius 1 is 0.561 bits per heavy atom. The maximum Gasteiger partial charge on any atom is 3.00 e. The average Bonchev–Trinajstić information content (AvgIpc) is 3.61. The summed E-state index contributed by atoms with van der Waals surface area (Å²) in [5, 5.41) is 70.6. The van der Waals surface area contributed by atoms with Crippen molar-refractivity contribution in [3.63, 3.8) is 0 Å². The minimum absolute atomic E-state index is 0. The van der Waals surface area contributed by atoms with E-state index in [0.717, 1.165) is 33.6 Å². The molecule has 0 bridgehead atoms. The Balaban J connectivity index is 0.000000562. The molecule has 2 heterocycles. The molecule has 0 N–H and O–H groups in total. The summed E-state index contributed by atoms with van der Waals surface area (Å²) in [7, 11) is -9.22. The summed E-state index contributed by atoms with van der Waals surface area (Å²) in [4.78, 5) is 21.3. The van der Waals surface area contributed by atoms with Crippen LogP contribution < -0.4 is 20.4 Å². The van der Waals surface area contributed by atoms with Crippen molar-refractivity contribution in [1.29, 1.82) is 0 Å². The van der Waals surface area contributed by atoms with E-state index in [1.165, 1.54) is 74.5 Å². The summed E-state index contributed by atoms with van der Waals surface area (Å²) >= 11 is 0. The maximum absolute atomic E-state index is 12.6. The minimum atomic E-state index is -4.61. The standard InChI is InChI=1S/2C17H14N4O6S.Cr/c2*1-10-15(19-18-14-5-3-2-4-13(14)17(23)24)16(22)21(20-10)11-6-8-12(9-7-11)28(25,26)27;/h2*2-9,22H,1H3,(H,23,24)(H,25,26,27);/q;;+3/p-3. The zero-order valence-electron chi connectivity index (χ0n) is 31.9. The van der Waals surface area contributed by atoms with Crippen LogP contribution in [0.4, 0.5) is 22.7 Å². The molecule has 0 aliphatic heterocycles. The number of aromatic nitrogens is 4. The van der Waals surface area contributed by atoms with Crippen LogP contribution in [0.25, 0.3) is 11.4 Å². The van der Waals surface area contributed by atoms with Gasteiger partial charge in [0.05, 0.1) is 55.9 Å². The van der Waals surface area contributed by atoms with Gasteiger partial charge in [0.1, 0.15) is 31.6 Å². The molecule has 4 aromatic carbocycles. The first-order chi connectivity index (χ1) is 26.4. The Morgan fingerprint density at radius 3 is 1.18 bits per heavy atom. The van der Waals surface area contributed by atoms with Crippen molar-refractivity contribution in [1.82, 2.24) is 19.6 Å². The SMILES string of the molecule is Cc1nn(-c2ccc(S(=O)(=O)[O-])cc2)c([O-])c1N=Nc1ccccc1C(=O)[O-].Cc1nn(-c2ccc(S(=O)(=O)[O-])cc2)c([O-])c1N=Nc1ccccc1C(=O)[O-].[Cr+3].[H+].[H+].[H+]. The van der Waals surface area contributed by atoms with E-state index in [2.05, 4.69) is 30.7 Å². The van der Waals surface area contributed by atoms with Gasteiger partial charge in [-0.3, -0.25) is 0 Å². The minimum Gasteiger partial charge on any atom is -0.857 e. The fourth-order valence-corrected chi connectivity index (χ4v) is 5.70. The predicted molar refractivity (Wildman–Crippen MR) is 185 cm³/mol. The van der Waals surface area contributed by atoms with Gasteiger partial charge in [0.2, 0.25) is 0 Å². The van der Waals surface area contributed by atoms with E-state index in [4.69, 9.17) is 0 Å². The van der Waals surface area contributed by atoms with E-state index in [1.807, 2.05) is 0 Å². The number of hydrogen-bond donors (Lipinski definition) is 0. The van der Waals surface area contributed by atoms with Gasteiger partial charge in [-0.15, -0.1) is 20.5 Å². The molecule has 20 nitrogen and oxygen atoms in total. The molecule has 0 atom stereocenters. The zero-order valence-corrected chi connectivity index (χ0v) is 31.8. The summed E-state index contributed by atoms with van der Waals surface area (Å²) in [5.74, 6) is -4.16. The van der Waals surface area contributed by atoms with Gasteiger partial charge in [-0.2, -0.15) is 10.2 Å². The fourth-order valence-electron chi connectivity index (χ4n) is 4.76. The quantitative estimate of drug-likeness (QED) is 0.141. The Hall–Kier alpha value is -6.61. The van der Waals surface area contributed by atoms with Gasteiger partial charge < -0.3 is 39.1 Å². The first-order valence-corrected chi connectivity index (χ1v) is 18.3. The Kier molecular flexibility index (Phi) is 13.2. The summed E-state index contributed by atoms with van der Waals surface area (Å²) in [6, 6.07) is 20.8. The first kappa shape index (κ1) is 43.1. The third-order valence-electron chi connectivity index (χ3n) is 7.48. The van der Waals surface area contributed by atoms with Gasteiger partial charge >= 0.3 is 21.6 Å². The number of aromatic carboxylic acids is 2. The van der Waals surface area contributed by atoms with E-state index in [1.54, 1.807) is 12.1 Å². The molecule has 6 aromatic rings. The molecule has 1 radical (unpaired) electrons. The number of carbonyl (C=O) groups is 2. The number of benzene rings is 4. The van der Waals surface area contributed by atoms with Crippen LogP contribution in [-0.4, -0.2) is 57.4 Å². The molecular weight excluding hydrogens is 829 g/mol. The molecule has 23 heteroatoms. The van der Waals surface area contributed by atoms with Crippen LogP contribution in [0.1, 0.15) is 36.4 Å². The number of rotatable bonds is 10. The van der Waals surface area contributed by atoms with Gasteiger partial charge in [-0.05, 0) is 74.5 Å². The second kappa shape index (κ2) is 17.5. The molecule has 0 unspecified atom stereocenters. The van der Waals surface area contributed by atoms with Crippen molar-refractivity contribution in [2.24, 2.45) is 20.5 Å². The van der Waals surface area contributed by atoms with Crippen LogP contribution in [0.15, 0.2) is 127 Å². The third-order valence-corrected chi connectivity index (χ3v) is 9.18. The second-order valence-electron chi connectivity index (χ2n) is 11.2. The molecular formula is C34H25CrN8O12S2. The normalized spacial score (nSPS) is 11.6. The Bertz CT molecular complexity index is 2580. The Labute approximate surface area is 337 Å². The van der Waals surface area contributed by atoms with Crippen LogP contribution in [0, 0.1) is 13.8 Å². The number of carboxylic acids is 2. The van der Waals surface area contributed by atoms with Crippen LogP contribution in [-0.2, 0) is 37.6 Å². The maximum atomic E-state index is 12.6. The van der Waals surface area contributed by atoms with Crippen molar-refractivity contribution in [2.75, 3.05) is 0 Å². The van der Waals surface area contributed by atoms with Crippen molar-refractivity contribution >= 4 is 54.9 Å². The Morgan fingerprint density at radius 2 is 0.877 bits per heavy atom. The van der Waals surface area contributed by atoms with Gasteiger partial charge in [0.25, 0.3) is 0 Å². The van der Waals surface area contributed by atoms with E-state index in [0.29, 0.717) is 0 Å². The molecule has 0 fully saturated rings. The summed E-state index contributed by atoms with van der Waals surface area (Å²) in [5.41, 5.74) is 0.311. The first-order valence-electron chi connectivity index (χ1n) is 15.5. The summed E-state index contributed by atoms with van der Waals surface area (Å²) in [6.45, 7) is 3.01. The zero-order chi connectivity index (χ0) is 40.9. The molecule has 0 amide bonds. The second-order valence-corrected chi connectivity index (χ2v) is 14.0. The van der Waals surface area contributed by atoms with Gasteiger partial charge in [0.15, 0.2) is 0 Å². The monoisotopic (exact) mass is 853 g/mol.